The average Bonchev–Trinajstić information content (AvgIpc) is 3.64. The van der Waals surface area contributed by atoms with E-state index in [0.717, 1.165) is 17.1 Å². The lowest BCUT2D eigenvalue weighted by molar-refractivity contribution is 0.660. The molecule has 1 aliphatic carbocycles. The minimum atomic E-state index is -0.0309. The third-order valence-electron chi connectivity index (χ3n) is 14.1. The molecule has 1 heteroatoms. The van der Waals surface area contributed by atoms with Gasteiger partial charge in [0.25, 0.3) is 0 Å². The Morgan fingerprint density at radius 1 is 0.265 bits per heavy atom. The minimum Gasteiger partial charge on any atom is -0.310 e. The predicted molar refractivity (Wildman–Crippen MR) is 289 cm³/mol. The Morgan fingerprint density at radius 3 is 1.35 bits per heavy atom. The van der Waals surface area contributed by atoms with Gasteiger partial charge in [-0.3, -0.25) is 0 Å². The summed E-state index contributed by atoms with van der Waals surface area (Å²) in [7, 11) is 0. The molecule has 0 amide bonds. The van der Waals surface area contributed by atoms with Gasteiger partial charge in [0.1, 0.15) is 0 Å². The number of fused-ring (bicyclic) bond motifs is 4. The van der Waals surface area contributed by atoms with E-state index in [2.05, 4.69) is 280 Å². The Balaban J connectivity index is 0.986. The lowest BCUT2D eigenvalue weighted by Gasteiger charge is -2.30. The summed E-state index contributed by atoms with van der Waals surface area (Å²) in [5.74, 6) is 0. The average molecular weight is 868 g/mol. The zero-order valence-electron chi connectivity index (χ0n) is 38.3. The number of hydrogen-bond donors (Lipinski definition) is 0. The van der Waals surface area contributed by atoms with Crippen molar-refractivity contribution in [2.45, 2.75) is 19.3 Å². The van der Waals surface area contributed by atoms with Crippen LogP contribution in [0.1, 0.15) is 25.0 Å². The van der Waals surface area contributed by atoms with Crippen molar-refractivity contribution in [1.29, 1.82) is 0 Å². The lowest BCUT2D eigenvalue weighted by atomic mass is 9.82. The van der Waals surface area contributed by atoms with E-state index in [9.17, 15) is 0 Å². The normalized spacial score (nSPS) is 12.4. The highest BCUT2D eigenvalue weighted by molar-refractivity contribution is 6.01. The summed E-state index contributed by atoms with van der Waals surface area (Å²) in [6.07, 6.45) is 0. The zero-order valence-corrected chi connectivity index (χ0v) is 38.3. The summed E-state index contributed by atoms with van der Waals surface area (Å²) in [5.41, 5.74) is 22.9. The van der Waals surface area contributed by atoms with Crippen LogP contribution in [0, 0.1) is 0 Å². The van der Waals surface area contributed by atoms with Gasteiger partial charge in [-0.1, -0.05) is 232 Å². The molecule has 0 radical (unpaired) electrons. The van der Waals surface area contributed by atoms with Crippen LogP contribution in [0.5, 0.6) is 0 Å². The van der Waals surface area contributed by atoms with Crippen molar-refractivity contribution in [3.05, 3.63) is 272 Å². The minimum absolute atomic E-state index is 0.0309. The smallest absolute Gasteiger partial charge is 0.0546 e. The molecule has 0 atom stereocenters. The Bertz CT molecular complexity index is 3600. The van der Waals surface area contributed by atoms with E-state index in [1.807, 2.05) is 0 Å². The fourth-order valence-corrected chi connectivity index (χ4v) is 10.6. The second kappa shape index (κ2) is 17.0. The molecule has 1 aliphatic rings. The van der Waals surface area contributed by atoms with Gasteiger partial charge in [-0.05, 0) is 137 Å². The maximum Gasteiger partial charge on any atom is 0.0546 e. The Morgan fingerprint density at radius 2 is 0.706 bits per heavy atom. The molecule has 68 heavy (non-hydrogen) atoms. The second-order valence-electron chi connectivity index (χ2n) is 18.5. The molecule has 0 aliphatic heterocycles. The summed E-state index contributed by atoms with van der Waals surface area (Å²) in [6.45, 7) is 4.69. The van der Waals surface area contributed by atoms with Crippen LogP contribution in [0.2, 0.25) is 0 Å². The number of rotatable bonds is 9. The van der Waals surface area contributed by atoms with E-state index in [-0.39, 0.29) is 5.41 Å². The largest absolute Gasteiger partial charge is 0.310 e. The summed E-state index contributed by atoms with van der Waals surface area (Å²) in [5, 5.41) is 2.51. The first kappa shape index (κ1) is 40.9. The van der Waals surface area contributed by atoms with E-state index >= 15 is 0 Å². The SMILES string of the molecule is CC1(C)c2ccccc2-c2cc(-c3ccc(N(c4ccc(-c5ccc(-c6ccc7ccccc7c6)cc5)cc4)c4cccc(-c5ccccc5)c4-c4ccccc4-c4ccccc4)cc3)ccc21. The topological polar surface area (TPSA) is 3.24 Å². The van der Waals surface area contributed by atoms with Gasteiger partial charge >= 0.3 is 0 Å². The van der Waals surface area contributed by atoms with Crippen LogP contribution in [0.4, 0.5) is 17.1 Å². The Labute approximate surface area is 399 Å². The summed E-state index contributed by atoms with van der Waals surface area (Å²) < 4.78 is 0. The first-order chi connectivity index (χ1) is 33.5. The molecule has 0 saturated heterocycles. The third-order valence-corrected chi connectivity index (χ3v) is 14.1. The maximum atomic E-state index is 2.45. The van der Waals surface area contributed by atoms with Crippen LogP contribution in [-0.2, 0) is 5.41 Å². The molecule has 0 aromatic heterocycles. The van der Waals surface area contributed by atoms with Crippen LogP contribution in [-0.4, -0.2) is 0 Å². The van der Waals surface area contributed by atoms with Gasteiger partial charge in [0.05, 0.1) is 5.69 Å². The van der Waals surface area contributed by atoms with Gasteiger partial charge in [-0.15, -0.1) is 0 Å². The molecule has 12 rings (SSSR count). The predicted octanol–water partition coefficient (Wildman–Crippen LogP) is 18.6. The van der Waals surface area contributed by atoms with E-state index in [0.29, 0.717) is 0 Å². The van der Waals surface area contributed by atoms with Gasteiger partial charge in [-0.25, -0.2) is 0 Å². The van der Waals surface area contributed by atoms with Crippen LogP contribution in [0.25, 0.3) is 88.7 Å². The number of nitrogens with zero attached hydrogens (tertiary/aromatic N) is 1. The molecule has 0 N–H and O–H groups in total. The van der Waals surface area contributed by atoms with Crippen LogP contribution >= 0.6 is 0 Å². The quantitative estimate of drug-likeness (QED) is 0.140. The molecular formula is C67H49N. The van der Waals surface area contributed by atoms with Crippen molar-refractivity contribution in [3.8, 4) is 77.9 Å². The fraction of sp³-hybridized carbons (Fsp3) is 0.0448. The molecule has 11 aromatic rings. The lowest BCUT2D eigenvalue weighted by Crippen LogP contribution is -2.14. The van der Waals surface area contributed by atoms with Crippen LogP contribution < -0.4 is 4.90 Å². The highest BCUT2D eigenvalue weighted by atomic mass is 15.1. The summed E-state index contributed by atoms with van der Waals surface area (Å²) in [4.78, 5) is 2.45. The van der Waals surface area contributed by atoms with Crippen LogP contribution in [0.3, 0.4) is 0 Å². The van der Waals surface area contributed by atoms with E-state index in [1.165, 1.54) is 99.8 Å². The molecular weight excluding hydrogens is 819 g/mol. The molecule has 0 bridgehead atoms. The first-order valence-corrected chi connectivity index (χ1v) is 23.7. The van der Waals surface area contributed by atoms with Crippen molar-refractivity contribution < 1.29 is 0 Å². The number of hydrogen-bond acceptors (Lipinski definition) is 1. The Hall–Kier alpha value is -8.52. The van der Waals surface area contributed by atoms with Gasteiger partial charge in [0, 0.05) is 22.4 Å². The molecule has 0 heterocycles. The first-order valence-electron chi connectivity index (χ1n) is 23.7. The standard InChI is InChI=1S/C67H49N/c1-67(2)63-26-14-13-23-60(63)62-45-55(38-43-64(62)67)50-36-41-57(42-37-50)68(56-39-34-48(35-40-56)47-28-30-49(31-29-47)54-33-32-46-16-9-10-21-53(46)44-54)65-27-15-25-59(52-19-7-4-8-20-52)66(65)61-24-12-11-22-58(61)51-17-5-3-6-18-51/h3-45H,1-2H3. The van der Waals surface area contributed by atoms with Crippen molar-refractivity contribution >= 4 is 27.8 Å². The molecule has 0 fully saturated rings. The summed E-state index contributed by atoms with van der Waals surface area (Å²) in [6, 6.07) is 95.7. The van der Waals surface area contributed by atoms with E-state index in [1.54, 1.807) is 0 Å². The maximum absolute atomic E-state index is 2.45. The molecule has 1 nitrogen and oxygen atoms in total. The second-order valence-corrected chi connectivity index (χ2v) is 18.5. The highest BCUT2D eigenvalue weighted by Crippen LogP contribution is 2.51. The van der Waals surface area contributed by atoms with E-state index in [4.69, 9.17) is 0 Å². The Kier molecular flexibility index (Phi) is 10.3. The van der Waals surface area contributed by atoms with Gasteiger partial charge < -0.3 is 4.90 Å². The van der Waals surface area contributed by atoms with Crippen molar-refractivity contribution in [3.63, 3.8) is 0 Å². The number of anilines is 3. The zero-order chi connectivity index (χ0) is 45.6. The molecule has 0 unspecified atom stereocenters. The number of benzene rings is 11. The van der Waals surface area contributed by atoms with Crippen molar-refractivity contribution in [1.82, 2.24) is 0 Å². The molecule has 0 saturated carbocycles. The van der Waals surface area contributed by atoms with Crippen molar-refractivity contribution in [2.75, 3.05) is 4.90 Å². The molecule has 322 valence electrons. The van der Waals surface area contributed by atoms with Crippen molar-refractivity contribution in [2.24, 2.45) is 0 Å². The van der Waals surface area contributed by atoms with E-state index < -0.39 is 0 Å². The molecule has 11 aromatic carbocycles. The highest BCUT2D eigenvalue weighted by Gasteiger charge is 2.35. The fourth-order valence-electron chi connectivity index (χ4n) is 10.6. The summed E-state index contributed by atoms with van der Waals surface area (Å²) >= 11 is 0. The van der Waals surface area contributed by atoms with Gasteiger partial charge in [-0.2, -0.15) is 0 Å². The monoisotopic (exact) mass is 867 g/mol. The molecule has 0 spiro atoms. The van der Waals surface area contributed by atoms with Gasteiger partial charge in [0.2, 0.25) is 0 Å². The van der Waals surface area contributed by atoms with Crippen LogP contribution in [0.15, 0.2) is 261 Å². The van der Waals surface area contributed by atoms with Gasteiger partial charge in [0.15, 0.2) is 0 Å². The third kappa shape index (κ3) is 7.30.